The van der Waals surface area contributed by atoms with Crippen molar-refractivity contribution >= 4 is 21.6 Å². The van der Waals surface area contributed by atoms with Crippen LogP contribution >= 0.6 is 0 Å². The second-order valence-electron chi connectivity index (χ2n) is 4.18. The fourth-order valence-electron chi connectivity index (χ4n) is 1.81. The highest BCUT2D eigenvalue weighted by Gasteiger charge is 2.03. The van der Waals surface area contributed by atoms with Gasteiger partial charge in [-0.25, -0.2) is 0 Å². The van der Waals surface area contributed by atoms with Gasteiger partial charge in [-0.2, -0.15) is 0 Å². The lowest BCUT2D eigenvalue weighted by molar-refractivity contribution is 0.674. The Hall–Kier alpha value is -1.42. The number of fused-ring (bicyclic) bond motifs is 1. The van der Waals surface area contributed by atoms with Crippen molar-refractivity contribution in [2.45, 2.75) is 13.5 Å². The summed E-state index contributed by atoms with van der Waals surface area (Å²) in [6, 6.07) is 7.72. The lowest BCUT2D eigenvalue weighted by atomic mass is 10.1. The van der Waals surface area contributed by atoms with Gasteiger partial charge in [0.25, 0.3) is 5.56 Å². The van der Waals surface area contributed by atoms with Gasteiger partial charge in [-0.05, 0) is 24.4 Å². The van der Waals surface area contributed by atoms with Crippen LogP contribution in [0.15, 0.2) is 35.3 Å². The smallest absolute Gasteiger partial charge is 0.258 e. The predicted molar refractivity (Wildman–Crippen MR) is 71.9 cm³/mol. The Kier molecular flexibility index (Phi) is 3.43. The van der Waals surface area contributed by atoms with Crippen molar-refractivity contribution in [3.8, 4) is 0 Å². The normalized spacial score (nSPS) is 12.8. The van der Waals surface area contributed by atoms with E-state index in [1.54, 1.807) is 17.0 Å². The van der Waals surface area contributed by atoms with Gasteiger partial charge < -0.3 is 4.57 Å². The van der Waals surface area contributed by atoms with Crippen LogP contribution in [0, 0.1) is 6.92 Å². The molecular weight excluding hydrogens is 234 g/mol. The summed E-state index contributed by atoms with van der Waals surface area (Å²) < 4.78 is 12.7. The summed E-state index contributed by atoms with van der Waals surface area (Å²) >= 11 is 0. The molecular formula is C13H15NO2S. The maximum absolute atomic E-state index is 12.1. The van der Waals surface area contributed by atoms with Crippen LogP contribution < -0.4 is 5.56 Å². The summed E-state index contributed by atoms with van der Waals surface area (Å²) in [4.78, 5) is 12.1. The number of aromatic nitrogens is 1. The van der Waals surface area contributed by atoms with E-state index in [1.807, 2.05) is 31.2 Å². The van der Waals surface area contributed by atoms with Crippen LogP contribution in [-0.2, 0) is 17.3 Å². The second kappa shape index (κ2) is 4.84. The van der Waals surface area contributed by atoms with E-state index in [1.165, 1.54) is 0 Å². The van der Waals surface area contributed by atoms with E-state index in [0.29, 0.717) is 12.3 Å². The molecule has 0 saturated carbocycles. The zero-order chi connectivity index (χ0) is 12.4. The minimum absolute atomic E-state index is 0.00653. The predicted octanol–water partition coefficient (Wildman–Crippen LogP) is 1.69. The molecule has 0 amide bonds. The minimum atomic E-state index is -0.871. The number of hydrogen-bond acceptors (Lipinski definition) is 2. The van der Waals surface area contributed by atoms with Crippen molar-refractivity contribution < 1.29 is 4.21 Å². The van der Waals surface area contributed by atoms with Crippen LogP contribution in [0.2, 0.25) is 0 Å². The van der Waals surface area contributed by atoms with Crippen molar-refractivity contribution in [1.29, 1.82) is 0 Å². The third-order valence-electron chi connectivity index (χ3n) is 2.75. The molecule has 1 aromatic carbocycles. The highest BCUT2D eigenvalue weighted by Crippen LogP contribution is 2.11. The fourth-order valence-corrected chi connectivity index (χ4v) is 2.26. The largest absolute Gasteiger partial charge is 0.314 e. The minimum Gasteiger partial charge on any atom is -0.314 e. The van der Waals surface area contributed by atoms with Crippen LogP contribution in [0.25, 0.3) is 10.8 Å². The number of hydrogen-bond donors (Lipinski definition) is 0. The molecule has 0 saturated heterocycles. The Labute approximate surface area is 103 Å². The van der Waals surface area contributed by atoms with E-state index in [0.717, 1.165) is 16.3 Å². The standard InChI is InChI=1S/C13H15NO2S/c1-10-3-4-12-11(9-10)5-6-14(13(12)15)7-8-17(2)16/h3-6,9H,7-8H2,1-2H3. The maximum atomic E-state index is 12.1. The molecule has 3 nitrogen and oxygen atoms in total. The summed E-state index contributed by atoms with van der Waals surface area (Å²) in [6.07, 6.45) is 3.42. The third-order valence-corrected chi connectivity index (χ3v) is 3.51. The zero-order valence-corrected chi connectivity index (χ0v) is 10.8. The first kappa shape index (κ1) is 12.0. The molecule has 4 heteroatoms. The molecule has 90 valence electrons. The molecule has 0 fully saturated rings. The number of nitrogens with zero attached hydrogens (tertiary/aromatic N) is 1. The van der Waals surface area contributed by atoms with Gasteiger partial charge in [0.2, 0.25) is 0 Å². The number of rotatable bonds is 3. The maximum Gasteiger partial charge on any atom is 0.258 e. The van der Waals surface area contributed by atoms with Gasteiger partial charge in [0, 0.05) is 40.9 Å². The van der Waals surface area contributed by atoms with Crippen LogP contribution in [0.4, 0.5) is 0 Å². The highest BCUT2D eigenvalue weighted by molar-refractivity contribution is 7.84. The average molecular weight is 249 g/mol. The van der Waals surface area contributed by atoms with Crippen molar-refractivity contribution in [1.82, 2.24) is 4.57 Å². The van der Waals surface area contributed by atoms with Crippen LogP contribution in [0.5, 0.6) is 0 Å². The Morgan fingerprint density at radius 2 is 2.06 bits per heavy atom. The molecule has 0 aliphatic carbocycles. The monoisotopic (exact) mass is 249 g/mol. The Bertz CT molecular complexity index is 631. The van der Waals surface area contributed by atoms with E-state index in [-0.39, 0.29) is 5.56 Å². The van der Waals surface area contributed by atoms with Crippen LogP contribution in [0.3, 0.4) is 0 Å². The lowest BCUT2D eigenvalue weighted by Crippen LogP contribution is -2.22. The molecule has 1 unspecified atom stereocenters. The van der Waals surface area contributed by atoms with Crippen molar-refractivity contribution in [3.05, 3.63) is 46.4 Å². The van der Waals surface area contributed by atoms with Gasteiger partial charge in [0.15, 0.2) is 0 Å². The van der Waals surface area contributed by atoms with Crippen molar-refractivity contribution in [2.24, 2.45) is 0 Å². The first-order valence-corrected chi connectivity index (χ1v) is 7.20. The van der Waals surface area contributed by atoms with E-state index in [9.17, 15) is 9.00 Å². The molecule has 0 aliphatic rings. The molecule has 1 heterocycles. The number of benzene rings is 1. The molecule has 0 N–H and O–H groups in total. The van der Waals surface area contributed by atoms with E-state index >= 15 is 0 Å². The average Bonchev–Trinajstić information content (AvgIpc) is 2.27. The van der Waals surface area contributed by atoms with Crippen LogP contribution in [-0.4, -0.2) is 20.8 Å². The van der Waals surface area contributed by atoms with Gasteiger partial charge in [0.05, 0.1) is 0 Å². The van der Waals surface area contributed by atoms with Gasteiger partial charge in [-0.15, -0.1) is 0 Å². The molecule has 17 heavy (non-hydrogen) atoms. The first-order valence-electron chi connectivity index (χ1n) is 5.48. The van der Waals surface area contributed by atoms with Gasteiger partial charge in [-0.3, -0.25) is 9.00 Å². The van der Waals surface area contributed by atoms with E-state index in [2.05, 4.69) is 0 Å². The van der Waals surface area contributed by atoms with E-state index in [4.69, 9.17) is 0 Å². The third kappa shape index (κ3) is 2.64. The Morgan fingerprint density at radius 3 is 2.76 bits per heavy atom. The Balaban J connectivity index is 2.47. The second-order valence-corrected chi connectivity index (χ2v) is 5.74. The molecule has 1 atom stereocenters. The first-order chi connectivity index (χ1) is 8.08. The number of pyridine rings is 1. The summed E-state index contributed by atoms with van der Waals surface area (Å²) in [6.45, 7) is 2.51. The van der Waals surface area contributed by atoms with E-state index < -0.39 is 10.8 Å². The molecule has 0 radical (unpaired) electrons. The molecule has 0 spiro atoms. The Morgan fingerprint density at radius 1 is 1.29 bits per heavy atom. The van der Waals surface area contributed by atoms with Gasteiger partial charge in [0.1, 0.15) is 0 Å². The summed E-state index contributed by atoms with van der Waals surface area (Å²) in [5, 5.41) is 1.68. The van der Waals surface area contributed by atoms with Crippen LogP contribution in [0.1, 0.15) is 5.56 Å². The van der Waals surface area contributed by atoms with Crippen molar-refractivity contribution in [3.63, 3.8) is 0 Å². The topological polar surface area (TPSA) is 39.1 Å². The zero-order valence-electron chi connectivity index (χ0n) is 9.97. The highest BCUT2D eigenvalue weighted by atomic mass is 32.2. The summed E-state index contributed by atoms with van der Waals surface area (Å²) in [5.74, 6) is 0.511. The number of aryl methyl sites for hydroxylation is 2. The molecule has 2 aromatic rings. The quantitative estimate of drug-likeness (QED) is 0.830. The fraction of sp³-hybridized carbons (Fsp3) is 0.308. The molecule has 0 aliphatic heterocycles. The lowest BCUT2D eigenvalue weighted by Gasteiger charge is -2.06. The SMILES string of the molecule is Cc1ccc2c(=O)n(CCS(C)=O)ccc2c1. The summed E-state index contributed by atoms with van der Waals surface area (Å²) in [7, 11) is -0.871. The van der Waals surface area contributed by atoms with Gasteiger partial charge >= 0.3 is 0 Å². The molecule has 1 aromatic heterocycles. The molecule has 2 rings (SSSR count). The molecule has 0 bridgehead atoms. The van der Waals surface area contributed by atoms with Gasteiger partial charge in [-0.1, -0.05) is 17.7 Å². The van der Waals surface area contributed by atoms with Crippen molar-refractivity contribution in [2.75, 3.05) is 12.0 Å². The summed E-state index contributed by atoms with van der Waals surface area (Å²) in [5.41, 5.74) is 1.14.